The number of hydrogen-bond donors (Lipinski definition) is 2. The van der Waals surface area contributed by atoms with E-state index in [1.165, 1.54) is 0 Å². The van der Waals surface area contributed by atoms with E-state index in [2.05, 4.69) is 10.2 Å². The summed E-state index contributed by atoms with van der Waals surface area (Å²) in [6.07, 6.45) is 1.48. The van der Waals surface area contributed by atoms with Crippen molar-refractivity contribution in [3.8, 4) is 0 Å². The molecule has 23 heavy (non-hydrogen) atoms. The van der Waals surface area contributed by atoms with Crippen LogP contribution in [0.5, 0.6) is 0 Å². The van der Waals surface area contributed by atoms with Crippen molar-refractivity contribution in [2.24, 2.45) is 5.92 Å². The standard InChI is InChI=1S/C17H25N3O3/c1-3-23-17(22)13-6-8-20(9-7-13)11-16(21)19-14-5-4-12(2)15(18)10-14/h4-5,10,13H,3,6-9,11,18H2,1-2H3,(H,19,21). The number of nitrogen functional groups attached to an aromatic ring is 1. The van der Waals surface area contributed by atoms with Crippen molar-refractivity contribution in [2.45, 2.75) is 26.7 Å². The van der Waals surface area contributed by atoms with Crippen LogP contribution in [-0.4, -0.2) is 43.0 Å². The number of piperidine rings is 1. The maximum absolute atomic E-state index is 12.1. The van der Waals surface area contributed by atoms with E-state index in [1.54, 1.807) is 6.07 Å². The SMILES string of the molecule is CCOC(=O)C1CCN(CC(=O)Nc2ccc(C)c(N)c2)CC1. The number of ether oxygens (including phenoxy) is 1. The van der Waals surface area contributed by atoms with Crippen LogP contribution in [0.25, 0.3) is 0 Å². The third-order valence-corrected chi connectivity index (χ3v) is 4.14. The van der Waals surface area contributed by atoms with Crippen molar-refractivity contribution in [2.75, 3.05) is 37.3 Å². The third-order valence-electron chi connectivity index (χ3n) is 4.14. The molecule has 126 valence electrons. The summed E-state index contributed by atoms with van der Waals surface area (Å²) in [5.74, 6) is -0.222. The fraction of sp³-hybridized carbons (Fsp3) is 0.529. The van der Waals surface area contributed by atoms with Crippen molar-refractivity contribution in [3.63, 3.8) is 0 Å². The maximum atomic E-state index is 12.1. The Hall–Kier alpha value is -2.08. The molecule has 1 fully saturated rings. The topological polar surface area (TPSA) is 84.7 Å². The van der Waals surface area contributed by atoms with Crippen LogP contribution in [0.2, 0.25) is 0 Å². The highest BCUT2D eigenvalue weighted by Crippen LogP contribution is 2.19. The Labute approximate surface area is 137 Å². The molecule has 0 spiro atoms. The molecule has 1 aromatic carbocycles. The van der Waals surface area contributed by atoms with Crippen LogP contribution >= 0.6 is 0 Å². The molecule has 1 saturated heterocycles. The number of nitrogens with two attached hydrogens (primary N) is 1. The highest BCUT2D eigenvalue weighted by Gasteiger charge is 2.26. The molecule has 1 heterocycles. The van der Waals surface area contributed by atoms with Gasteiger partial charge in [-0.25, -0.2) is 0 Å². The third kappa shape index (κ3) is 4.96. The lowest BCUT2D eigenvalue weighted by Crippen LogP contribution is -2.41. The first kappa shape index (κ1) is 17.3. The predicted molar refractivity (Wildman–Crippen MR) is 90.0 cm³/mol. The average Bonchev–Trinajstić information content (AvgIpc) is 2.52. The molecule has 1 aliphatic heterocycles. The molecule has 0 saturated carbocycles. The zero-order chi connectivity index (χ0) is 16.8. The number of aryl methyl sites for hydroxylation is 1. The zero-order valence-electron chi connectivity index (χ0n) is 13.8. The monoisotopic (exact) mass is 319 g/mol. The molecule has 3 N–H and O–H groups in total. The van der Waals surface area contributed by atoms with Gasteiger partial charge in [0, 0.05) is 11.4 Å². The number of carbonyl (C=O) groups excluding carboxylic acids is 2. The smallest absolute Gasteiger partial charge is 0.309 e. The number of carbonyl (C=O) groups is 2. The average molecular weight is 319 g/mol. The van der Waals surface area contributed by atoms with Gasteiger partial charge >= 0.3 is 5.97 Å². The summed E-state index contributed by atoms with van der Waals surface area (Å²) in [7, 11) is 0. The fourth-order valence-corrected chi connectivity index (χ4v) is 2.71. The maximum Gasteiger partial charge on any atom is 0.309 e. The zero-order valence-corrected chi connectivity index (χ0v) is 13.8. The van der Waals surface area contributed by atoms with Gasteiger partial charge in [-0.05, 0) is 57.5 Å². The summed E-state index contributed by atoms with van der Waals surface area (Å²) in [6, 6.07) is 5.49. The van der Waals surface area contributed by atoms with Crippen molar-refractivity contribution in [3.05, 3.63) is 23.8 Å². The van der Waals surface area contributed by atoms with Crippen LogP contribution in [-0.2, 0) is 14.3 Å². The lowest BCUT2D eigenvalue weighted by Gasteiger charge is -2.30. The van der Waals surface area contributed by atoms with Crippen LogP contribution in [0.4, 0.5) is 11.4 Å². The van der Waals surface area contributed by atoms with Crippen LogP contribution in [0, 0.1) is 12.8 Å². The first-order chi connectivity index (χ1) is 11.0. The lowest BCUT2D eigenvalue weighted by molar-refractivity contribution is -0.149. The van der Waals surface area contributed by atoms with Crippen LogP contribution in [0.15, 0.2) is 18.2 Å². The molecule has 2 rings (SSSR count). The number of nitrogens with zero attached hydrogens (tertiary/aromatic N) is 1. The minimum Gasteiger partial charge on any atom is -0.466 e. The number of hydrogen-bond acceptors (Lipinski definition) is 5. The Kier molecular flexibility index (Phi) is 5.98. The van der Waals surface area contributed by atoms with Gasteiger partial charge in [0.15, 0.2) is 0 Å². The van der Waals surface area contributed by atoms with Crippen molar-refractivity contribution >= 4 is 23.3 Å². The quantitative estimate of drug-likeness (QED) is 0.638. The number of benzene rings is 1. The normalized spacial score (nSPS) is 16.1. The number of amides is 1. The van der Waals surface area contributed by atoms with E-state index >= 15 is 0 Å². The van der Waals surface area contributed by atoms with Crippen molar-refractivity contribution < 1.29 is 14.3 Å². The summed E-state index contributed by atoms with van der Waals surface area (Å²) in [5.41, 5.74) is 8.21. The lowest BCUT2D eigenvalue weighted by atomic mass is 9.97. The summed E-state index contributed by atoms with van der Waals surface area (Å²) in [5, 5.41) is 2.86. The first-order valence-corrected chi connectivity index (χ1v) is 8.04. The first-order valence-electron chi connectivity index (χ1n) is 8.04. The Morgan fingerprint density at radius 1 is 1.35 bits per heavy atom. The number of rotatable bonds is 5. The van der Waals surface area contributed by atoms with E-state index in [0.29, 0.717) is 24.5 Å². The minimum absolute atomic E-state index is 0.0360. The second-order valence-corrected chi connectivity index (χ2v) is 5.92. The van der Waals surface area contributed by atoms with Gasteiger partial charge in [0.05, 0.1) is 19.1 Å². The summed E-state index contributed by atoms with van der Waals surface area (Å²) in [4.78, 5) is 25.9. The van der Waals surface area contributed by atoms with Crippen LogP contribution in [0.1, 0.15) is 25.3 Å². The second kappa shape index (κ2) is 7.97. The van der Waals surface area contributed by atoms with E-state index < -0.39 is 0 Å². The Bertz CT molecular complexity index is 566. The van der Waals surface area contributed by atoms with Gasteiger partial charge < -0.3 is 15.8 Å². The Balaban J connectivity index is 1.78. The predicted octanol–water partition coefficient (Wildman–Crippen LogP) is 1.79. The number of anilines is 2. The van der Waals surface area contributed by atoms with Gasteiger partial charge in [0.25, 0.3) is 0 Å². The molecule has 0 bridgehead atoms. The fourth-order valence-electron chi connectivity index (χ4n) is 2.71. The van der Waals surface area contributed by atoms with E-state index in [4.69, 9.17) is 10.5 Å². The molecule has 6 nitrogen and oxygen atoms in total. The molecule has 0 aromatic heterocycles. The van der Waals surface area contributed by atoms with Crippen LogP contribution < -0.4 is 11.1 Å². The molecule has 6 heteroatoms. The molecule has 0 radical (unpaired) electrons. The minimum atomic E-state index is -0.119. The van der Waals surface area contributed by atoms with Gasteiger partial charge in [-0.3, -0.25) is 14.5 Å². The number of nitrogens with one attached hydrogen (secondary N) is 1. The van der Waals surface area contributed by atoms with Crippen molar-refractivity contribution in [1.29, 1.82) is 0 Å². The Morgan fingerprint density at radius 2 is 2.04 bits per heavy atom. The van der Waals surface area contributed by atoms with Crippen molar-refractivity contribution in [1.82, 2.24) is 4.90 Å². The number of likely N-dealkylation sites (tertiary alicyclic amines) is 1. The van der Waals surface area contributed by atoms with Crippen LogP contribution in [0.3, 0.4) is 0 Å². The Morgan fingerprint density at radius 3 is 2.65 bits per heavy atom. The highest BCUT2D eigenvalue weighted by molar-refractivity contribution is 5.92. The number of esters is 1. The van der Waals surface area contributed by atoms with E-state index in [0.717, 1.165) is 31.5 Å². The molecule has 0 aliphatic carbocycles. The second-order valence-electron chi connectivity index (χ2n) is 5.92. The molecule has 1 aromatic rings. The summed E-state index contributed by atoms with van der Waals surface area (Å²) >= 11 is 0. The summed E-state index contributed by atoms with van der Waals surface area (Å²) < 4.78 is 5.05. The van der Waals surface area contributed by atoms with E-state index in [9.17, 15) is 9.59 Å². The highest BCUT2D eigenvalue weighted by atomic mass is 16.5. The van der Waals surface area contributed by atoms with Gasteiger partial charge in [-0.15, -0.1) is 0 Å². The molecule has 0 atom stereocenters. The molecule has 0 unspecified atom stereocenters. The largest absolute Gasteiger partial charge is 0.466 e. The summed E-state index contributed by atoms with van der Waals surface area (Å²) in [6.45, 7) is 5.94. The molecule has 1 amide bonds. The molecular formula is C17H25N3O3. The van der Waals surface area contributed by atoms with Gasteiger partial charge in [0.2, 0.25) is 5.91 Å². The van der Waals surface area contributed by atoms with Gasteiger partial charge in [0.1, 0.15) is 0 Å². The van der Waals surface area contributed by atoms with Gasteiger partial charge in [-0.2, -0.15) is 0 Å². The molecule has 1 aliphatic rings. The van der Waals surface area contributed by atoms with E-state index in [1.807, 2.05) is 26.0 Å². The molecular weight excluding hydrogens is 294 g/mol. The van der Waals surface area contributed by atoms with E-state index in [-0.39, 0.29) is 17.8 Å². The van der Waals surface area contributed by atoms with Gasteiger partial charge in [-0.1, -0.05) is 6.07 Å².